The minimum atomic E-state index is -0.872. The van der Waals surface area contributed by atoms with Gasteiger partial charge in [0.15, 0.2) is 0 Å². The van der Waals surface area contributed by atoms with Crippen molar-refractivity contribution in [1.82, 2.24) is 0 Å². The van der Waals surface area contributed by atoms with E-state index in [-0.39, 0.29) is 11.1 Å². The van der Waals surface area contributed by atoms with Crippen molar-refractivity contribution in [3.05, 3.63) is 54.6 Å². The third kappa shape index (κ3) is 2.48. The summed E-state index contributed by atoms with van der Waals surface area (Å²) in [6, 6.07) is 3.44. The van der Waals surface area contributed by atoms with Gasteiger partial charge in [-0.25, -0.2) is 8.78 Å². The molecule has 0 saturated carbocycles. The standard InChI is InChI=1S/C12H6BrClF2OS/c1-5-2-6(9(16)4-8(5)15)11(17)10-3-7(13)12(14)18-10/h2-4H,1H3. The highest BCUT2D eigenvalue weighted by Crippen LogP contribution is 2.33. The summed E-state index contributed by atoms with van der Waals surface area (Å²) in [5.74, 6) is -2.05. The number of benzene rings is 1. The van der Waals surface area contributed by atoms with Crippen LogP contribution in [-0.2, 0) is 0 Å². The molecule has 0 bridgehead atoms. The summed E-state index contributed by atoms with van der Waals surface area (Å²) in [6.07, 6.45) is 0. The number of carbonyl (C=O) groups is 1. The van der Waals surface area contributed by atoms with Crippen LogP contribution in [0.25, 0.3) is 0 Å². The molecule has 0 atom stereocenters. The predicted octanol–water partition coefficient (Wildman–Crippen LogP) is 4.98. The maximum absolute atomic E-state index is 13.6. The summed E-state index contributed by atoms with van der Waals surface area (Å²) in [6.45, 7) is 1.48. The lowest BCUT2D eigenvalue weighted by Crippen LogP contribution is -2.04. The quantitative estimate of drug-likeness (QED) is 0.697. The lowest BCUT2D eigenvalue weighted by Gasteiger charge is -2.03. The second-order valence-electron chi connectivity index (χ2n) is 3.64. The molecule has 0 spiro atoms. The molecular formula is C12H6BrClF2OS. The third-order valence-electron chi connectivity index (χ3n) is 2.36. The van der Waals surface area contributed by atoms with Gasteiger partial charge in [-0.15, -0.1) is 11.3 Å². The van der Waals surface area contributed by atoms with Crippen molar-refractivity contribution in [2.45, 2.75) is 6.92 Å². The van der Waals surface area contributed by atoms with Gasteiger partial charge in [0.1, 0.15) is 16.0 Å². The van der Waals surface area contributed by atoms with Crippen LogP contribution in [0.2, 0.25) is 4.34 Å². The van der Waals surface area contributed by atoms with Crippen LogP contribution in [0.1, 0.15) is 20.8 Å². The molecule has 0 saturated heterocycles. The molecule has 0 amide bonds. The fourth-order valence-corrected chi connectivity index (χ4v) is 3.08. The van der Waals surface area contributed by atoms with Crippen molar-refractivity contribution < 1.29 is 13.6 Å². The van der Waals surface area contributed by atoms with Gasteiger partial charge in [0.2, 0.25) is 5.78 Å². The summed E-state index contributed by atoms with van der Waals surface area (Å²) in [5.41, 5.74) is 0.0702. The second kappa shape index (κ2) is 5.07. The van der Waals surface area contributed by atoms with E-state index in [1.807, 2.05) is 0 Å². The molecule has 0 fully saturated rings. The molecule has 1 heterocycles. The Kier molecular flexibility index (Phi) is 3.84. The zero-order valence-corrected chi connectivity index (χ0v) is 12.2. The van der Waals surface area contributed by atoms with Crippen molar-refractivity contribution in [3.63, 3.8) is 0 Å². The molecule has 94 valence electrons. The van der Waals surface area contributed by atoms with Crippen molar-refractivity contribution in [2.24, 2.45) is 0 Å². The van der Waals surface area contributed by atoms with Gasteiger partial charge in [0.05, 0.1) is 10.4 Å². The van der Waals surface area contributed by atoms with E-state index in [1.54, 1.807) is 0 Å². The Bertz CT molecular complexity index is 620. The first-order valence-electron chi connectivity index (χ1n) is 4.85. The Balaban J connectivity index is 2.49. The SMILES string of the molecule is Cc1cc(C(=O)c2cc(Br)c(Cl)s2)c(F)cc1F. The first-order chi connectivity index (χ1) is 8.40. The number of carbonyl (C=O) groups excluding carboxylic acids is 1. The molecule has 0 unspecified atom stereocenters. The number of thiophene rings is 1. The van der Waals surface area contributed by atoms with Gasteiger partial charge in [-0.05, 0) is 40.5 Å². The highest BCUT2D eigenvalue weighted by Gasteiger charge is 2.19. The van der Waals surface area contributed by atoms with Crippen LogP contribution >= 0.6 is 38.9 Å². The summed E-state index contributed by atoms with van der Waals surface area (Å²) in [7, 11) is 0. The molecule has 0 N–H and O–H groups in total. The normalized spacial score (nSPS) is 10.7. The van der Waals surface area contributed by atoms with Gasteiger partial charge >= 0.3 is 0 Å². The minimum Gasteiger partial charge on any atom is -0.288 e. The van der Waals surface area contributed by atoms with E-state index >= 15 is 0 Å². The van der Waals surface area contributed by atoms with Gasteiger partial charge < -0.3 is 0 Å². The molecule has 0 aliphatic carbocycles. The van der Waals surface area contributed by atoms with Crippen LogP contribution in [0.15, 0.2) is 22.7 Å². The zero-order chi connectivity index (χ0) is 13.4. The van der Waals surface area contributed by atoms with E-state index in [4.69, 9.17) is 11.6 Å². The van der Waals surface area contributed by atoms with E-state index in [0.29, 0.717) is 19.8 Å². The molecule has 18 heavy (non-hydrogen) atoms. The molecule has 0 aliphatic rings. The Morgan fingerprint density at radius 2 is 1.94 bits per heavy atom. The van der Waals surface area contributed by atoms with Crippen molar-refractivity contribution in [3.8, 4) is 0 Å². The number of hydrogen-bond acceptors (Lipinski definition) is 2. The van der Waals surface area contributed by atoms with E-state index < -0.39 is 17.4 Å². The lowest BCUT2D eigenvalue weighted by atomic mass is 10.1. The van der Waals surface area contributed by atoms with Crippen LogP contribution in [-0.4, -0.2) is 5.78 Å². The van der Waals surface area contributed by atoms with Crippen molar-refractivity contribution in [1.29, 1.82) is 0 Å². The number of aryl methyl sites for hydroxylation is 1. The monoisotopic (exact) mass is 350 g/mol. The van der Waals surface area contributed by atoms with Crippen LogP contribution in [0.4, 0.5) is 8.78 Å². The summed E-state index contributed by atoms with van der Waals surface area (Å²) >= 11 is 10.0. The molecule has 2 aromatic rings. The minimum absolute atomic E-state index is 0.153. The van der Waals surface area contributed by atoms with Gasteiger partial charge in [0.25, 0.3) is 0 Å². The first-order valence-corrected chi connectivity index (χ1v) is 6.84. The Morgan fingerprint density at radius 1 is 1.28 bits per heavy atom. The summed E-state index contributed by atoms with van der Waals surface area (Å²) < 4.78 is 27.7. The maximum Gasteiger partial charge on any atom is 0.205 e. The van der Waals surface area contributed by atoms with E-state index in [9.17, 15) is 13.6 Å². The van der Waals surface area contributed by atoms with Gasteiger partial charge in [-0.3, -0.25) is 4.79 Å². The fourth-order valence-electron chi connectivity index (χ4n) is 1.42. The molecule has 1 aromatic heterocycles. The number of rotatable bonds is 2. The summed E-state index contributed by atoms with van der Waals surface area (Å²) in [4.78, 5) is 12.4. The third-order valence-corrected chi connectivity index (χ3v) is 4.84. The number of halogens is 4. The first kappa shape index (κ1) is 13.6. The highest BCUT2D eigenvalue weighted by molar-refractivity contribution is 9.10. The maximum atomic E-state index is 13.6. The van der Waals surface area contributed by atoms with E-state index in [2.05, 4.69) is 15.9 Å². The number of ketones is 1. The van der Waals surface area contributed by atoms with Crippen molar-refractivity contribution >= 4 is 44.7 Å². The van der Waals surface area contributed by atoms with Crippen LogP contribution in [0, 0.1) is 18.6 Å². The Labute approximate surface area is 120 Å². The molecule has 1 nitrogen and oxygen atoms in total. The van der Waals surface area contributed by atoms with E-state index in [1.165, 1.54) is 19.1 Å². The van der Waals surface area contributed by atoms with Gasteiger partial charge in [0, 0.05) is 10.5 Å². The largest absolute Gasteiger partial charge is 0.288 e. The highest BCUT2D eigenvalue weighted by atomic mass is 79.9. The Morgan fingerprint density at radius 3 is 2.50 bits per heavy atom. The predicted molar refractivity (Wildman–Crippen MR) is 71.6 cm³/mol. The number of hydrogen-bond donors (Lipinski definition) is 0. The van der Waals surface area contributed by atoms with Crippen LogP contribution in [0.5, 0.6) is 0 Å². The lowest BCUT2D eigenvalue weighted by molar-refractivity contribution is 0.103. The smallest absolute Gasteiger partial charge is 0.205 e. The van der Waals surface area contributed by atoms with E-state index in [0.717, 1.165) is 11.3 Å². The van der Waals surface area contributed by atoms with Crippen molar-refractivity contribution in [2.75, 3.05) is 0 Å². The Hall–Kier alpha value is -0.780. The van der Waals surface area contributed by atoms with Crippen LogP contribution < -0.4 is 0 Å². The molecule has 1 aromatic carbocycles. The van der Waals surface area contributed by atoms with Gasteiger partial charge in [-0.1, -0.05) is 11.6 Å². The van der Waals surface area contributed by atoms with Crippen LogP contribution in [0.3, 0.4) is 0 Å². The molecule has 0 radical (unpaired) electrons. The average Bonchev–Trinajstić information content (AvgIpc) is 2.63. The summed E-state index contributed by atoms with van der Waals surface area (Å²) in [5, 5.41) is 0. The fraction of sp³-hybridized carbons (Fsp3) is 0.0833. The molecule has 2 rings (SSSR count). The second-order valence-corrected chi connectivity index (χ2v) is 6.15. The topological polar surface area (TPSA) is 17.1 Å². The molecular weight excluding hydrogens is 346 g/mol. The van der Waals surface area contributed by atoms with Gasteiger partial charge in [-0.2, -0.15) is 0 Å². The average molecular weight is 352 g/mol. The zero-order valence-electron chi connectivity index (χ0n) is 9.06. The molecule has 6 heteroatoms. The molecule has 0 aliphatic heterocycles.